The van der Waals surface area contributed by atoms with E-state index in [1.165, 1.54) is 5.56 Å². The monoisotopic (exact) mass is 392 g/mol. The Labute approximate surface area is 169 Å². The Morgan fingerprint density at radius 2 is 1.93 bits per heavy atom. The molecule has 0 saturated heterocycles. The lowest BCUT2D eigenvalue weighted by Crippen LogP contribution is -2.27. The SMILES string of the molecule is Cc1cc(C(=O)Nc2ccc(C)c(Cl)c2)nc(N2c3ccccc3CC2C)n1. The minimum Gasteiger partial charge on any atom is -0.321 e. The molecule has 0 bridgehead atoms. The Morgan fingerprint density at radius 3 is 2.71 bits per heavy atom. The molecule has 0 aliphatic carbocycles. The molecule has 6 heteroatoms. The molecule has 0 radical (unpaired) electrons. The summed E-state index contributed by atoms with van der Waals surface area (Å²) in [6.07, 6.45) is 0.927. The molecule has 142 valence electrons. The average Bonchev–Trinajstić information content (AvgIpc) is 3.00. The van der Waals surface area contributed by atoms with Crippen molar-refractivity contribution in [1.29, 1.82) is 0 Å². The average molecular weight is 393 g/mol. The first-order chi connectivity index (χ1) is 13.4. The molecule has 1 amide bonds. The number of nitrogens with zero attached hydrogens (tertiary/aromatic N) is 3. The zero-order chi connectivity index (χ0) is 19.8. The molecule has 2 aromatic carbocycles. The third kappa shape index (κ3) is 3.45. The molecule has 1 aromatic heterocycles. The van der Waals surface area contributed by atoms with Gasteiger partial charge in [-0.15, -0.1) is 0 Å². The first-order valence-electron chi connectivity index (χ1n) is 9.22. The van der Waals surface area contributed by atoms with Gasteiger partial charge < -0.3 is 10.2 Å². The number of rotatable bonds is 3. The van der Waals surface area contributed by atoms with Crippen molar-refractivity contribution in [2.75, 3.05) is 10.2 Å². The summed E-state index contributed by atoms with van der Waals surface area (Å²) in [7, 11) is 0. The normalized spacial score (nSPS) is 15.4. The van der Waals surface area contributed by atoms with E-state index in [0.717, 1.165) is 23.4 Å². The van der Waals surface area contributed by atoms with Crippen molar-refractivity contribution >= 4 is 34.8 Å². The zero-order valence-electron chi connectivity index (χ0n) is 16.0. The fourth-order valence-electron chi connectivity index (χ4n) is 3.51. The number of hydrogen-bond donors (Lipinski definition) is 1. The maximum Gasteiger partial charge on any atom is 0.274 e. The molecule has 0 spiro atoms. The van der Waals surface area contributed by atoms with Gasteiger partial charge in [0.25, 0.3) is 5.91 Å². The molecule has 1 atom stereocenters. The molecule has 5 nitrogen and oxygen atoms in total. The van der Waals surface area contributed by atoms with E-state index >= 15 is 0 Å². The predicted octanol–water partition coefficient (Wildman–Crippen LogP) is 5.08. The molecule has 1 N–H and O–H groups in total. The van der Waals surface area contributed by atoms with Gasteiger partial charge in [0.2, 0.25) is 5.95 Å². The number of fused-ring (bicyclic) bond motifs is 1. The minimum atomic E-state index is -0.285. The van der Waals surface area contributed by atoms with Crippen LogP contribution in [-0.2, 0) is 6.42 Å². The molecule has 1 aliphatic rings. The van der Waals surface area contributed by atoms with Gasteiger partial charge in [0.1, 0.15) is 5.69 Å². The van der Waals surface area contributed by atoms with Crippen molar-refractivity contribution in [1.82, 2.24) is 9.97 Å². The van der Waals surface area contributed by atoms with Crippen LogP contribution in [0.4, 0.5) is 17.3 Å². The second-order valence-corrected chi connectivity index (χ2v) is 7.57. The lowest BCUT2D eigenvalue weighted by Gasteiger charge is -2.23. The van der Waals surface area contributed by atoms with E-state index in [0.29, 0.717) is 22.4 Å². The fraction of sp³-hybridized carbons (Fsp3) is 0.227. The Morgan fingerprint density at radius 1 is 1.14 bits per heavy atom. The first-order valence-corrected chi connectivity index (χ1v) is 9.60. The lowest BCUT2D eigenvalue weighted by atomic mass is 10.1. The van der Waals surface area contributed by atoms with Crippen molar-refractivity contribution < 1.29 is 4.79 Å². The van der Waals surface area contributed by atoms with Gasteiger partial charge in [-0.1, -0.05) is 35.9 Å². The third-order valence-electron chi connectivity index (χ3n) is 4.93. The maximum atomic E-state index is 12.8. The third-order valence-corrected chi connectivity index (χ3v) is 5.33. The largest absolute Gasteiger partial charge is 0.321 e. The Bertz CT molecular complexity index is 1070. The number of benzene rings is 2. The van der Waals surface area contributed by atoms with E-state index in [9.17, 15) is 4.79 Å². The Balaban J connectivity index is 1.66. The van der Waals surface area contributed by atoms with Gasteiger partial charge in [0, 0.05) is 28.1 Å². The van der Waals surface area contributed by atoms with Gasteiger partial charge in [-0.2, -0.15) is 0 Å². The van der Waals surface area contributed by atoms with E-state index < -0.39 is 0 Å². The number of amides is 1. The molecular weight excluding hydrogens is 372 g/mol. The number of aryl methyl sites for hydroxylation is 2. The quantitative estimate of drug-likeness (QED) is 0.675. The van der Waals surface area contributed by atoms with Crippen molar-refractivity contribution in [3.8, 4) is 0 Å². The molecule has 28 heavy (non-hydrogen) atoms. The second kappa shape index (κ2) is 7.24. The highest BCUT2D eigenvalue weighted by molar-refractivity contribution is 6.31. The summed E-state index contributed by atoms with van der Waals surface area (Å²) >= 11 is 6.16. The number of carbonyl (C=O) groups is 1. The molecule has 0 saturated carbocycles. The van der Waals surface area contributed by atoms with Crippen LogP contribution in [0.25, 0.3) is 0 Å². The van der Waals surface area contributed by atoms with Crippen molar-refractivity contribution in [3.63, 3.8) is 0 Å². The zero-order valence-corrected chi connectivity index (χ0v) is 16.8. The summed E-state index contributed by atoms with van der Waals surface area (Å²) in [6, 6.07) is 15.6. The number of para-hydroxylation sites is 1. The molecular formula is C22H21ClN4O. The number of anilines is 3. The van der Waals surface area contributed by atoms with Crippen LogP contribution in [0.3, 0.4) is 0 Å². The van der Waals surface area contributed by atoms with Crippen LogP contribution in [0.5, 0.6) is 0 Å². The summed E-state index contributed by atoms with van der Waals surface area (Å²) in [5.74, 6) is 0.261. The van der Waals surface area contributed by atoms with Crippen LogP contribution >= 0.6 is 11.6 Å². The topological polar surface area (TPSA) is 58.1 Å². The molecule has 2 heterocycles. The summed E-state index contributed by atoms with van der Waals surface area (Å²) in [5, 5.41) is 3.48. The number of hydrogen-bond acceptors (Lipinski definition) is 4. The lowest BCUT2D eigenvalue weighted by molar-refractivity contribution is 0.102. The van der Waals surface area contributed by atoms with Crippen LogP contribution in [-0.4, -0.2) is 21.9 Å². The molecule has 1 unspecified atom stereocenters. The smallest absolute Gasteiger partial charge is 0.274 e. The van der Waals surface area contributed by atoms with Crippen LogP contribution in [0.15, 0.2) is 48.5 Å². The van der Waals surface area contributed by atoms with E-state index in [2.05, 4.69) is 39.2 Å². The van der Waals surface area contributed by atoms with Crippen molar-refractivity contribution in [2.24, 2.45) is 0 Å². The fourth-order valence-corrected chi connectivity index (χ4v) is 3.69. The summed E-state index contributed by atoms with van der Waals surface area (Å²) in [5.41, 5.74) is 5.03. The van der Waals surface area contributed by atoms with Crippen LogP contribution in [0.2, 0.25) is 5.02 Å². The van der Waals surface area contributed by atoms with E-state index in [1.54, 1.807) is 12.1 Å². The minimum absolute atomic E-state index is 0.228. The highest BCUT2D eigenvalue weighted by atomic mass is 35.5. The van der Waals surface area contributed by atoms with Crippen LogP contribution in [0.1, 0.15) is 34.2 Å². The van der Waals surface area contributed by atoms with Gasteiger partial charge in [0.15, 0.2) is 0 Å². The van der Waals surface area contributed by atoms with Gasteiger partial charge in [-0.05, 0) is 62.6 Å². The molecule has 1 aliphatic heterocycles. The van der Waals surface area contributed by atoms with Gasteiger partial charge >= 0.3 is 0 Å². The molecule has 4 rings (SSSR count). The maximum absolute atomic E-state index is 12.8. The highest BCUT2D eigenvalue weighted by Crippen LogP contribution is 2.36. The number of halogens is 1. The van der Waals surface area contributed by atoms with Gasteiger partial charge in [-0.25, -0.2) is 9.97 Å². The number of carbonyl (C=O) groups excluding carboxylic acids is 1. The van der Waals surface area contributed by atoms with Gasteiger partial charge in [-0.3, -0.25) is 4.79 Å². The number of aromatic nitrogens is 2. The standard InChI is InChI=1S/C22H21ClN4O/c1-13-8-9-17(12-18(13)23)25-21(28)19-10-14(2)24-22(26-19)27-15(3)11-16-6-4-5-7-20(16)27/h4-10,12,15H,11H2,1-3H3,(H,25,28). The summed E-state index contributed by atoms with van der Waals surface area (Å²) in [6.45, 7) is 5.93. The van der Waals surface area contributed by atoms with E-state index in [-0.39, 0.29) is 11.9 Å². The van der Waals surface area contributed by atoms with E-state index in [4.69, 9.17) is 11.6 Å². The van der Waals surface area contributed by atoms with Crippen LogP contribution < -0.4 is 10.2 Å². The Kier molecular flexibility index (Phi) is 4.77. The predicted molar refractivity (Wildman–Crippen MR) is 113 cm³/mol. The second-order valence-electron chi connectivity index (χ2n) is 7.16. The Hall–Kier alpha value is -2.92. The van der Waals surface area contributed by atoms with E-state index in [1.807, 2.05) is 38.1 Å². The van der Waals surface area contributed by atoms with Crippen LogP contribution in [0, 0.1) is 13.8 Å². The number of nitrogens with one attached hydrogen (secondary N) is 1. The molecule has 3 aromatic rings. The summed E-state index contributed by atoms with van der Waals surface area (Å²) < 4.78 is 0. The first kappa shape index (κ1) is 18.4. The van der Waals surface area contributed by atoms with Crippen molar-refractivity contribution in [2.45, 2.75) is 33.2 Å². The summed E-state index contributed by atoms with van der Waals surface area (Å²) in [4.78, 5) is 24.1. The van der Waals surface area contributed by atoms with Crippen molar-refractivity contribution in [3.05, 3.63) is 76.1 Å². The van der Waals surface area contributed by atoms with Gasteiger partial charge in [0.05, 0.1) is 0 Å². The highest BCUT2D eigenvalue weighted by Gasteiger charge is 2.29. The molecule has 0 fully saturated rings.